The molecule has 0 aliphatic carbocycles. The number of likely N-dealkylation sites (tertiary alicyclic amines) is 1. The first-order valence-corrected chi connectivity index (χ1v) is 14.5. The van der Waals surface area contributed by atoms with Crippen molar-refractivity contribution in [1.29, 1.82) is 5.26 Å². The van der Waals surface area contributed by atoms with Crippen LogP contribution in [0, 0.1) is 17.2 Å². The third-order valence-electron chi connectivity index (χ3n) is 8.49. The monoisotopic (exact) mass is 575 g/mol. The van der Waals surface area contributed by atoms with Gasteiger partial charge in [0.25, 0.3) is 0 Å². The van der Waals surface area contributed by atoms with Crippen molar-refractivity contribution in [3.05, 3.63) is 52.7 Å². The first kappa shape index (κ1) is 27.4. The van der Waals surface area contributed by atoms with Crippen LogP contribution in [0.5, 0.6) is 6.01 Å². The van der Waals surface area contributed by atoms with Crippen molar-refractivity contribution < 1.29 is 14.6 Å². The Hall–Kier alpha value is -3.81. The molecular formula is C30H34ClN7O3. The Morgan fingerprint density at radius 1 is 1.12 bits per heavy atom. The van der Waals surface area contributed by atoms with Crippen molar-refractivity contribution >= 4 is 40.0 Å². The van der Waals surface area contributed by atoms with Gasteiger partial charge in [0.15, 0.2) is 0 Å². The van der Waals surface area contributed by atoms with Crippen LogP contribution >= 0.6 is 11.6 Å². The second kappa shape index (κ2) is 11.6. The Bertz CT molecular complexity index is 1490. The van der Waals surface area contributed by atoms with Gasteiger partial charge in [0.05, 0.1) is 42.4 Å². The zero-order valence-corrected chi connectivity index (χ0v) is 23.9. The van der Waals surface area contributed by atoms with Crippen LogP contribution in [0.2, 0.25) is 5.02 Å². The van der Waals surface area contributed by atoms with Crippen molar-refractivity contribution in [2.45, 2.75) is 31.8 Å². The van der Waals surface area contributed by atoms with E-state index in [1.165, 1.54) is 4.90 Å². The van der Waals surface area contributed by atoms with Crippen molar-refractivity contribution in [3.63, 3.8) is 0 Å². The zero-order valence-electron chi connectivity index (χ0n) is 23.2. The van der Waals surface area contributed by atoms with Gasteiger partial charge >= 0.3 is 12.1 Å². The number of nitriles is 1. The Morgan fingerprint density at radius 2 is 1.95 bits per heavy atom. The molecule has 3 aliphatic rings. The van der Waals surface area contributed by atoms with Crippen molar-refractivity contribution in [2.24, 2.45) is 5.92 Å². The smallest absolute Gasteiger partial charge is 0.407 e. The van der Waals surface area contributed by atoms with Gasteiger partial charge in [-0.2, -0.15) is 15.2 Å². The topological polar surface area (TPSA) is 109 Å². The molecule has 2 fully saturated rings. The third kappa shape index (κ3) is 5.56. The maximum atomic E-state index is 11.8. The van der Waals surface area contributed by atoms with Crippen LogP contribution in [0.15, 0.2) is 36.4 Å². The second-order valence-electron chi connectivity index (χ2n) is 11.2. The number of aromatic nitrogens is 2. The maximum Gasteiger partial charge on any atom is 0.407 e. The van der Waals surface area contributed by atoms with Gasteiger partial charge in [0.2, 0.25) is 0 Å². The van der Waals surface area contributed by atoms with Gasteiger partial charge in [-0.25, -0.2) is 4.79 Å². The van der Waals surface area contributed by atoms with E-state index in [0.29, 0.717) is 44.7 Å². The molecule has 214 valence electrons. The summed E-state index contributed by atoms with van der Waals surface area (Å²) in [6, 6.07) is 14.3. The zero-order chi connectivity index (χ0) is 28.5. The van der Waals surface area contributed by atoms with Crippen LogP contribution in [-0.2, 0) is 13.0 Å². The molecule has 1 N–H and O–H groups in total. The largest absolute Gasteiger partial charge is 0.465 e. The quantitative estimate of drug-likeness (QED) is 0.461. The van der Waals surface area contributed by atoms with Crippen molar-refractivity contribution in [2.75, 3.05) is 62.7 Å². The summed E-state index contributed by atoms with van der Waals surface area (Å²) in [6.07, 6.45) is 0.937. The lowest BCUT2D eigenvalue weighted by Crippen LogP contribution is -2.55. The van der Waals surface area contributed by atoms with Gasteiger partial charge in [0, 0.05) is 55.3 Å². The molecule has 4 heterocycles. The van der Waals surface area contributed by atoms with E-state index >= 15 is 0 Å². The Morgan fingerprint density at radius 3 is 2.71 bits per heavy atom. The van der Waals surface area contributed by atoms with Crippen LogP contribution < -0.4 is 14.5 Å². The molecule has 1 amide bonds. The molecular weight excluding hydrogens is 542 g/mol. The van der Waals surface area contributed by atoms with Gasteiger partial charge in [0.1, 0.15) is 5.82 Å². The molecule has 3 aliphatic heterocycles. The Kier molecular flexibility index (Phi) is 7.73. The summed E-state index contributed by atoms with van der Waals surface area (Å²) in [6.45, 7) is 5.14. The molecule has 0 saturated carbocycles. The van der Waals surface area contributed by atoms with Crippen LogP contribution in [-0.4, -0.2) is 89.9 Å². The molecule has 1 aromatic heterocycles. The van der Waals surface area contributed by atoms with E-state index in [9.17, 15) is 15.2 Å². The minimum absolute atomic E-state index is 0.129. The number of ether oxygens (including phenoxy) is 1. The fourth-order valence-electron chi connectivity index (χ4n) is 6.39. The number of rotatable bonds is 6. The number of hydrogen-bond acceptors (Lipinski definition) is 8. The van der Waals surface area contributed by atoms with E-state index < -0.39 is 12.1 Å². The normalized spacial score (nSPS) is 21.1. The first-order chi connectivity index (χ1) is 19.9. The van der Waals surface area contributed by atoms with E-state index in [1.54, 1.807) is 0 Å². The lowest BCUT2D eigenvalue weighted by molar-refractivity contribution is 0.119. The van der Waals surface area contributed by atoms with Crippen LogP contribution in [0.25, 0.3) is 10.8 Å². The number of halogens is 1. The molecule has 6 rings (SSSR count). The molecule has 0 radical (unpaired) electrons. The minimum atomic E-state index is -0.996. The van der Waals surface area contributed by atoms with Crippen molar-refractivity contribution in [3.8, 4) is 12.1 Å². The number of anilines is 2. The molecule has 10 nitrogen and oxygen atoms in total. The summed E-state index contributed by atoms with van der Waals surface area (Å²) in [5.74, 6) is 1.22. The second-order valence-corrected chi connectivity index (χ2v) is 11.6. The number of hydrogen-bond donors (Lipinski definition) is 1. The summed E-state index contributed by atoms with van der Waals surface area (Å²) in [5, 5.41) is 21.9. The Labute approximate surface area is 244 Å². The average molecular weight is 576 g/mol. The lowest BCUT2D eigenvalue weighted by atomic mass is 10.0. The number of amides is 1. The van der Waals surface area contributed by atoms with E-state index in [1.807, 2.05) is 12.1 Å². The number of carbonyl (C=O) groups is 1. The molecule has 0 bridgehead atoms. The summed E-state index contributed by atoms with van der Waals surface area (Å²) < 4.78 is 6.23. The van der Waals surface area contributed by atoms with E-state index in [4.69, 9.17) is 26.3 Å². The van der Waals surface area contributed by atoms with E-state index in [-0.39, 0.29) is 6.42 Å². The highest BCUT2D eigenvalue weighted by Gasteiger charge is 2.34. The van der Waals surface area contributed by atoms with Crippen molar-refractivity contribution in [1.82, 2.24) is 19.8 Å². The molecule has 2 saturated heterocycles. The average Bonchev–Trinajstić information content (AvgIpc) is 3.40. The standard InChI is InChI=1S/C30H34ClN7O3/c1-35-12-9-20(16-35)19-41-29-33-25-18-36(26-7-3-5-21-4-2-6-24(31)27(21)26)13-10-23(25)28(34-29)37-14-15-38(30(39)40)22(17-37)8-11-32/h2-7,20,22H,8-10,12-19H2,1H3,(H,39,40)/t20-,22+/m1/s1. The highest BCUT2D eigenvalue weighted by atomic mass is 35.5. The predicted octanol–water partition coefficient (Wildman–Crippen LogP) is 4.26. The Balaban J connectivity index is 1.33. The molecule has 0 spiro atoms. The molecule has 41 heavy (non-hydrogen) atoms. The maximum absolute atomic E-state index is 11.8. The van der Waals surface area contributed by atoms with Crippen LogP contribution in [0.3, 0.4) is 0 Å². The summed E-state index contributed by atoms with van der Waals surface area (Å²) in [5.41, 5.74) is 3.03. The van der Waals surface area contributed by atoms with Gasteiger partial charge in [-0.15, -0.1) is 0 Å². The molecule has 11 heteroatoms. The fourth-order valence-corrected chi connectivity index (χ4v) is 6.67. The van der Waals surface area contributed by atoms with Crippen LogP contribution in [0.4, 0.5) is 16.3 Å². The minimum Gasteiger partial charge on any atom is -0.465 e. The van der Waals surface area contributed by atoms with Crippen LogP contribution in [0.1, 0.15) is 24.1 Å². The molecule has 2 aromatic carbocycles. The lowest BCUT2D eigenvalue weighted by Gasteiger charge is -2.41. The summed E-state index contributed by atoms with van der Waals surface area (Å²) in [7, 11) is 2.12. The summed E-state index contributed by atoms with van der Waals surface area (Å²) in [4.78, 5) is 29.7. The SMILES string of the molecule is CN1CC[C@@H](COc2nc3c(c(N4CCN(C(=O)O)[C@@H](CC#N)C4)n2)CCN(c2cccc4cccc(Cl)c24)C3)C1. The summed E-state index contributed by atoms with van der Waals surface area (Å²) >= 11 is 6.67. The van der Waals surface area contributed by atoms with E-state index in [2.05, 4.69) is 52.1 Å². The fraction of sp³-hybridized carbons (Fsp3) is 0.467. The number of fused-ring (bicyclic) bond motifs is 2. The van der Waals surface area contributed by atoms with Gasteiger partial charge < -0.3 is 29.4 Å². The predicted molar refractivity (Wildman–Crippen MR) is 158 cm³/mol. The number of benzene rings is 2. The number of nitrogens with zero attached hydrogens (tertiary/aromatic N) is 7. The van der Waals surface area contributed by atoms with Gasteiger partial charge in [-0.05, 0) is 44.0 Å². The molecule has 0 unspecified atom stereocenters. The van der Waals surface area contributed by atoms with Gasteiger partial charge in [-0.1, -0.05) is 35.9 Å². The first-order valence-electron chi connectivity index (χ1n) is 14.2. The molecule has 3 aromatic rings. The van der Waals surface area contributed by atoms with Gasteiger partial charge in [-0.3, -0.25) is 0 Å². The number of piperazine rings is 1. The van der Waals surface area contributed by atoms with E-state index in [0.717, 1.165) is 71.0 Å². The molecule has 2 atom stereocenters. The highest BCUT2D eigenvalue weighted by Crippen LogP contribution is 2.37. The number of carboxylic acid groups (broad SMARTS) is 1. The highest BCUT2D eigenvalue weighted by molar-refractivity contribution is 6.36. The third-order valence-corrected chi connectivity index (χ3v) is 8.80.